The first-order valence-electron chi connectivity index (χ1n) is 11.1. The van der Waals surface area contributed by atoms with Crippen LogP contribution in [0.15, 0.2) is 48.0 Å². The van der Waals surface area contributed by atoms with Gasteiger partial charge in [0, 0.05) is 25.8 Å². The molecule has 2 N–H and O–H groups in total. The van der Waals surface area contributed by atoms with E-state index >= 15 is 0 Å². The van der Waals surface area contributed by atoms with Gasteiger partial charge in [0.1, 0.15) is 23.9 Å². The van der Waals surface area contributed by atoms with E-state index in [1.54, 1.807) is 30.3 Å². The SMILES string of the molecule is CN1CCOc2ccc(/C(O)=C3/C(=O)C(=O)N(CC4CCCO4)C3c3cccc(O)c3)cc21. The fraction of sp³-hybridized carbons (Fsp3) is 0.360. The van der Waals surface area contributed by atoms with Gasteiger partial charge in [-0.05, 0) is 48.7 Å². The molecule has 5 rings (SSSR count). The summed E-state index contributed by atoms with van der Waals surface area (Å²) in [7, 11) is 1.93. The summed E-state index contributed by atoms with van der Waals surface area (Å²) < 4.78 is 11.4. The number of aliphatic hydroxyl groups is 1. The first kappa shape index (κ1) is 21.3. The quantitative estimate of drug-likeness (QED) is 0.420. The summed E-state index contributed by atoms with van der Waals surface area (Å²) in [6, 6.07) is 10.8. The molecule has 0 radical (unpaired) electrons. The van der Waals surface area contributed by atoms with E-state index in [1.807, 2.05) is 11.9 Å². The molecule has 33 heavy (non-hydrogen) atoms. The van der Waals surface area contributed by atoms with Crippen molar-refractivity contribution in [1.29, 1.82) is 0 Å². The van der Waals surface area contributed by atoms with E-state index in [1.165, 1.54) is 17.0 Å². The van der Waals surface area contributed by atoms with Gasteiger partial charge in [-0.15, -0.1) is 0 Å². The van der Waals surface area contributed by atoms with Crippen LogP contribution in [-0.2, 0) is 14.3 Å². The maximum atomic E-state index is 13.2. The Kier molecular flexibility index (Phi) is 5.46. The summed E-state index contributed by atoms with van der Waals surface area (Å²) in [6.07, 6.45) is 1.53. The number of phenols is 1. The van der Waals surface area contributed by atoms with E-state index in [-0.39, 0.29) is 29.7 Å². The Balaban J connectivity index is 1.62. The van der Waals surface area contributed by atoms with Crippen molar-refractivity contribution in [1.82, 2.24) is 4.90 Å². The average molecular weight is 450 g/mol. The number of carbonyl (C=O) groups excluding carboxylic acids is 2. The minimum Gasteiger partial charge on any atom is -0.508 e. The van der Waals surface area contributed by atoms with Crippen LogP contribution in [0.3, 0.4) is 0 Å². The smallest absolute Gasteiger partial charge is 0.295 e. The summed E-state index contributed by atoms with van der Waals surface area (Å²) in [4.78, 5) is 29.7. The highest BCUT2D eigenvalue weighted by molar-refractivity contribution is 6.46. The fourth-order valence-corrected chi connectivity index (χ4v) is 4.77. The van der Waals surface area contributed by atoms with Crippen molar-refractivity contribution in [3.8, 4) is 11.5 Å². The van der Waals surface area contributed by atoms with Crippen LogP contribution in [0.25, 0.3) is 5.76 Å². The Labute approximate surface area is 191 Å². The van der Waals surface area contributed by atoms with Gasteiger partial charge in [-0.2, -0.15) is 0 Å². The van der Waals surface area contributed by atoms with Crippen LogP contribution in [0.2, 0.25) is 0 Å². The fourth-order valence-electron chi connectivity index (χ4n) is 4.77. The second-order valence-corrected chi connectivity index (χ2v) is 8.63. The molecule has 2 aromatic rings. The Morgan fingerprint density at radius 2 is 2.00 bits per heavy atom. The number of anilines is 1. The number of hydrogen-bond donors (Lipinski definition) is 2. The Bertz CT molecular complexity index is 1140. The molecule has 2 aromatic carbocycles. The molecule has 8 heteroatoms. The van der Waals surface area contributed by atoms with E-state index < -0.39 is 17.7 Å². The van der Waals surface area contributed by atoms with E-state index in [9.17, 15) is 19.8 Å². The van der Waals surface area contributed by atoms with E-state index in [4.69, 9.17) is 9.47 Å². The van der Waals surface area contributed by atoms with Gasteiger partial charge in [-0.1, -0.05) is 12.1 Å². The normalized spacial score (nSPS) is 24.2. The van der Waals surface area contributed by atoms with Gasteiger partial charge in [-0.25, -0.2) is 0 Å². The van der Waals surface area contributed by atoms with E-state index in [2.05, 4.69) is 0 Å². The van der Waals surface area contributed by atoms with Gasteiger partial charge >= 0.3 is 0 Å². The van der Waals surface area contributed by atoms with Crippen molar-refractivity contribution in [2.75, 3.05) is 38.3 Å². The monoisotopic (exact) mass is 450 g/mol. The predicted octanol–water partition coefficient (Wildman–Crippen LogP) is 2.82. The van der Waals surface area contributed by atoms with Gasteiger partial charge in [0.25, 0.3) is 11.7 Å². The number of benzene rings is 2. The van der Waals surface area contributed by atoms with Gasteiger partial charge in [0.2, 0.25) is 0 Å². The number of likely N-dealkylation sites (N-methyl/N-ethyl adjacent to an activating group) is 1. The number of likely N-dealkylation sites (tertiary alicyclic amines) is 1. The van der Waals surface area contributed by atoms with Crippen LogP contribution in [-0.4, -0.2) is 66.3 Å². The van der Waals surface area contributed by atoms with E-state index in [0.717, 1.165) is 18.5 Å². The third kappa shape index (κ3) is 3.80. The van der Waals surface area contributed by atoms with Gasteiger partial charge in [0.15, 0.2) is 0 Å². The number of phenolic OH excluding ortho intramolecular Hbond substituents is 1. The van der Waals surface area contributed by atoms with Crippen molar-refractivity contribution in [3.05, 3.63) is 59.2 Å². The number of aliphatic hydroxyl groups excluding tert-OH is 1. The lowest BCUT2D eigenvalue weighted by molar-refractivity contribution is -0.140. The summed E-state index contributed by atoms with van der Waals surface area (Å²) >= 11 is 0. The third-order valence-corrected chi connectivity index (χ3v) is 6.48. The number of hydrogen-bond acceptors (Lipinski definition) is 7. The van der Waals surface area contributed by atoms with Crippen LogP contribution < -0.4 is 9.64 Å². The lowest BCUT2D eigenvalue weighted by Crippen LogP contribution is -2.36. The molecule has 2 fully saturated rings. The maximum absolute atomic E-state index is 13.2. The molecule has 2 saturated heterocycles. The molecule has 0 aromatic heterocycles. The van der Waals surface area contributed by atoms with Crippen LogP contribution in [0.1, 0.15) is 30.0 Å². The number of nitrogens with zero attached hydrogens (tertiary/aromatic N) is 2. The molecule has 2 atom stereocenters. The van der Waals surface area contributed by atoms with Crippen molar-refractivity contribution >= 4 is 23.1 Å². The zero-order chi connectivity index (χ0) is 23.1. The molecular formula is C25H26N2O6. The number of aromatic hydroxyl groups is 1. The average Bonchev–Trinajstić information content (AvgIpc) is 3.41. The van der Waals surface area contributed by atoms with Gasteiger partial charge in [0.05, 0.1) is 30.0 Å². The summed E-state index contributed by atoms with van der Waals surface area (Å²) in [5.74, 6) is -0.968. The molecule has 2 unspecified atom stereocenters. The summed E-state index contributed by atoms with van der Waals surface area (Å²) in [5.41, 5.74) is 1.77. The van der Waals surface area contributed by atoms with Crippen LogP contribution in [0.5, 0.6) is 11.5 Å². The first-order chi connectivity index (χ1) is 15.9. The number of fused-ring (bicyclic) bond motifs is 1. The second-order valence-electron chi connectivity index (χ2n) is 8.63. The molecule has 8 nitrogen and oxygen atoms in total. The predicted molar refractivity (Wildman–Crippen MR) is 121 cm³/mol. The highest BCUT2D eigenvalue weighted by atomic mass is 16.5. The Hall–Kier alpha value is -3.52. The number of ketones is 1. The van der Waals surface area contributed by atoms with Crippen LogP contribution >= 0.6 is 0 Å². The summed E-state index contributed by atoms with van der Waals surface area (Å²) in [5, 5.41) is 21.4. The third-order valence-electron chi connectivity index (χ3n) is 6.48. The van der Waals surface area contributed by atoms with E-state index in [0.29, 0.717) is 36.6 Å². The number of amides is 1. The molecular weight excluding hydrogens is 424 g/mol. The lowest BCUT2D eigenvalue weighted by Gasteiger charge is -2.29. The minimum absolute atomic E-state index is 0.00271. The Morgan fingerprint density at radius 1 is 1.15 bits per heavy atom. The van der Waals surface area contributed by atoms with Gasteiger partial charge < -0.3 is 29.5 Å². The highest BCUT2D eigenvalue weighted by Crippen LogP contribution is 2.42. The molecule has 1 amide bonds. The van der Waals surface area contributed by atoms with Crippen LogP contribution in [0.4, 0.5) is 5.69 Å². The van der Waals surface area contributed by atoms with Crippen molar-refractivity contribution in [2.45, 2.75) is 25.0 Å². The number of carbonyl (C=O) groups is 2. The first-order valence-corrected chi connectivity index (χ1v) is 11.1. The van der Waals surface area contributed by atoms with Crippen molar-refractivity contribution in [3.63, 3.8) is 0 Å². The van der Waals surface area contributed by atoms with Crippen molar-refractivity contribution in [2.24, 2.45) is 0 Å². The molecule has 172 valence electrons. The maximum Gasteiger partial charge on any atom is 0.295 e. The zero-order valence-electron chi connectivity index (χ0n) is 18.4. The van der Waals surface area contributed by atoms with Crippen molar-refractivity contribution < 1.29 is 29.3 Å². The summed E-state index contributed by atoms with van der Waals surface area (Å²) in [6.45, 7) is 2.13. The second kappa shape index (κ2) is 8.44. The largest absolute Gasteiger partial charge is 0.508 e. The molecule has 0 saturated carbocycles. The highest BCUT2D eigenvalue weighted by Gasteiger charge is 2.47. The number of rotatable bonds is 4. The standard InChI is InChI=1S/C25H26N2O6/c1-26-9-11-33-20-8-7-16(13-19(20)26)23(29)21-22(15-4-2-5-17(28)12-15)27(25(31)24(21)30)14-18-6-3-10-32-18/h2,4-5,7-8,12-13,18,22,28-29H,3,6,9-11,14H2,1H3/b23-21-. The molecule has 3 aliphatic rings. The van der Waals surface area contributed by atoms with Crippen LogP contribution in [0, 0.1) is 0 Å². The zero-order valence-corrected chi connectivity index (χ0v) is 18.4. The molecule has 0 aliphatic carbocycles. The lowest BCUT2D eigenvalue weighted by atomic mass is 9.94. The molecule has 0 spiro atoms. The number of ether oxygens (including phenoxy) is 2. The minimum atomic E-state index is -0.827. The Morgan fingerprint density at radius 3 is 2.76 bits per heavy atom. The van der Waals surface area contributed by atoms with Gasteiger partial charge in [-0.3, -0.25) is 9.59 Å². The number of Topliss-reactive ketones (excluding diaryl/α,β-unsaturated/α-hetero) is 1. The molecule has 3 heterocycles. The topological polar surface area (TPSA) is 99.5 Å². The molecule has 3 aliphatic heterocycles. The molecule has 0 bridgehead atoms.